The molecule has 0 aromatic heterocycles. The van der Waals surface area contributed by atoms with Crippen LogP contribution >= 0.6 is 0 Å². The third-order valence-electron chi connectivity index (χ3n) is 5.00. The molecule has 3 nitrogen and oxygen atoms in total. The van der Waals surface area contributed by atoms with E-state index in [9.17, 15) is 9.59 Å². The molecule has 1 aliphatic rings. The van der Waals surface area contributed by atoms with Gasteiger partial charge in [-0.1, -0.05) is 74.0 Å². The molecule has 4 rings (SSSR count). The van der Waals surface area contributed by atoms with Gasteiger partial charge in [0.25, 0.3) is 11.8 Å². The lowest BCUT2D eigenvalue weighted by Crippen LogP contribution is -2.29. The Balaban J connectivity index is 1.50. The maximum atomic E-state index is 12.5. The molecule has 0 radical (unpaired) electrons. The lowest BCUT2D eigenvalue weighted by atomic mass is 10.0. The lowest BCUT2D eigenvalue weighted by molar-refractivity contribution is 0.0642. The monoisotopic (exact) mass is 355 g/mol. The van der Waals surface area contributed by atoms with Gasteiger partial charge in [0.2, 0.25) is 0 Å². The molecule has 3 aromatic rings. The minimum absolute atomic E-state index is 0.216. The van der Waals surface area contributed by atoms with Crippen LogP contribution in [0.25, 0.3) is 11.1 Å². The van der Waals surface area contributed by atoms with Crippen LogP contribution in [0.3, 0.4) is 0 Å². The summed E-state index contributed by atoms with van der Waals surface area (Å²) in [6.45, 7) is 2.48. The fourth-order valence-corrected chi connectivity index (χ4v) is 3.52. The van der Waals surface area contributed by atoms with Gasteiger partial charge in [0.05, 0.1) is 17.7 Å². The summed E-state index contributed by atoms with van der Waals surface area (Å²) in [6, 6.07) is 23.7. The van der Waals surface area contributed by atoms with Gasteiger partial charge in [-0.15, -0.1) is 0 Å². The molecule has 0 atom stereocenters. The number of nitrogens with zero attached hydrogens (tertiary/aromatic N) is 1. The average molecular weight is 355 g/mol. The molecular formula is C24H21NO2. The highest BCUT2D eigenvalue weighted by molar-refractivity contribution is 6.21. The number of carbonyl (C=O) groups excluding carboxylic acids is 2. The fourth-order valence-electron chi connectivity index (χ4n) is 3.52. The summed E-state index contributed by atoms with van der Waals surface area (Å²) in [5.74, 6) is -0.433. The highest BCUT2D eigenvalue weighted by Gasteiger charge is 2.34. The van der Waals surface area contributed by atoms with Crippen molar-refractivity contribution in [1.29, 1.82) is 0 Å². The van der Waals surface area contributed by atoms with Crippen molar-refractivity contribution >= 4 is 11.8 Å². The zero-order valence-electron chi connectivity index (χ0n) is 15.3. The maximum absolute atomic E-state index is 12.5. The summed E-state index contributed by atoms with van der Waals surface area (Å²) in [4.78, 5) is 26.3. The molecule has 0 unspecified atom stereocenters. The number of imide groups is 1. The van der Waals surface area contributed by atoms with Crippen LogP contribution in [0.5, 0.6) is 0 Å². The van der Waals surface area contributed by atoms with Crippen LogP contribution in [0.15, 0.2) is 72.8 Å². The first-order chi connectivity index (χ1) is 13.2. The molecular weight excluding hydrogens is 334 g/mol. The molecule has 0 saturated heterocycles. The van der Waals surface area contributed by atoms with Crippen LogP contribution in [0, 0.1) is 0 Å². The first-order valence-electron chi connectivity index (χ1n) is 9.31. The quantitative estimate of drug-likeness (QED) is 0.597. The number of fused-ring (bicyclic) bond motifs is 1. The molecule has 0 saturated carbocycles. The van der Waals surface area contributed by atoms with Gasteiger partial charge < -0.3 is 0 Å². The third kappa shape index (κ3) is 3.28. The van der Waals surface area contributed by atoms with Crippen molar-refractivity contribution in [2.75, 3.05) is 0 Å². The minimum Gasteiger partial charge on any atom is -0.270 e. The predicted molar refractivity (Wildman–Crippen MR) is 107 cm³/mol. The van der Waals surface area contributed by atoms with Gasteiger partial charge in [0.1, 0.15) is 0 Å². The molecule has 0 aliphatic carbocycles. The van der Waals surface area contributed by atoms with Crippen molar-refractivity contribution < 1.29 is 9.59 Å². The maximum Gasteiger partial charge on any atom is 0.261 e. The summed E-state index contributed by atoms with van der Waals surface area (Å²) in [7, 11) is 0. The molecule has 3 heteroatoms. The van der Waals surface area contributed by atoms with E-state index in [0.717, 1.165) is 24.0 Å². The van der Waals surface area contributed by atoms with Gasteiger partial charge in [0, 0.05) is 0 Å². The van der Waals surface area contributed by atoms with Crippen molar-refractivity contribution in [2.24, 2.45) is 0 Å². The predicted octanol–water partition coefficient (Wildman–Crippen LogP) is 5.10. The molecule has 0 bridgehead atoms. The minimum atomic E-state index is -0.216. The van der Waals surface area contributed by atoms with Gasteiger partial charge in [-0.05, 0) is 40.8 Å². The van der Waals surface area contributed by atoms with Crippen LogP contribution in [-0.4, -0.2) is 16.7 Å². The van der Waals surface area contributed by atoms with Crippen molar-refractivity contribution in [3.63, 3.8) is 0 Å². The van der Waals surface area contributed by atoms with E-state index in [1.54, 1.807) is 24.3 Å². The molecule has 27 heavy (non-hydrogen) atoms. The smallest absolute Gasteiger partial charge is 0.261 e. The van der Waals surface area contributed by atoms with Gasteiger partial charge in [0.15, 0.2) is 0 Å². The summed E-state index contributed by atoms with van der Waals surface area (Å²) in [5, 5.41) is 0. The van der Waals surface area contributed by atoms with Crippen LogP contribution in [0.2, 0.25) is 0 Å². The Morgan fingerprint density at radius 1 is 0.667 bits per heavy atom. The molecule has 1 aliphatic heterocycles. The van der Waals surface area contributed by atoms with Crippen LogP contribution < -0.4 is 0 Å². The molecule has 134 valence electrons. The first kappa shape index (κ1) is 17.2. The summed E-state index contributed by atoms with van der Waals surface area (Å²) in [5.41, 5.74) is 5.57. The Morgan fingerprint density at radius 2 is 1.15 bits per heavy atom. The topological polar surface area (TPSA) is 37.4 Å². The molecule has 2 amide bonds. The van der Waals surface area contributed by atoms with Crippen LogP contribution in [-0.2, 0) is 13.0 Å². The third-order valence-corrected chi connectivity index (χ3v) is 5.00. The second-order valence-corrected chi connectivity index (χ2v) is 6.89. The number of hydrogen-bond donors (Lipinski definition) is 0. The van der Waals surface area contributed by atoms with Crippen LogP contribution in [0.1, 0.15) is 45.2 Å². The number of hydrogen-bond acceptors (Lipinski definition) is 2. The Morgan fingerprint density at radius 3 is 1.63 bits per heavy atom. The molecule has 0 N–H and O–H groups in total. The Kier molecular flexibility index (Phi) is 4.59. The van der Waals surface area contributed by atoms with E-state index in [-0.39, 0.29) is 11.8 Å². The van der Waals surface area contributed by atoms with E-state index in [2.05, 4.69) is 31.2 Å². The van der Waals surface area contributed by atoms with Gasteiger partial charge >= 0.3 is 0 Å². The Bertz CT molecular complexity index is 953. The van der Waals surface area contributed by atoms with Gasteiger partial charge in [-0.25, -0.2) is 0 Å². The van der Waals surface area contributed by atoms with Crippen molar-refractivity contribution in [3.8, 4) is 11.1 Å². The second-order valence-electron chi connectivity index (χ2n) is 6.89. The Hall–Kier alpha value is -3.20. The summed E-state index contributed by atoms with van der Waals surface area (Å²) in [6.07, 6.45) is 2.24. The van der Waals surface area contributed by atoms with Crippen molar-refractivity contribution in [1.82, 2.24) is 4.90 Å². The standard InChI is InChI=1S/C24H21NO2/c1-2-5-17-8-12-19(13-9-17)20-14-10-18(11-15-20)16-25-23(26)21-6-3-4-7-22(21)24(25)27/h3-4,6-15H,2,5,16H2,1H3. The number of carbonyl (C=O) groups is 2. The molecule has 1 heterocycles. The highest BCUT2D eigenvalue weighted by Crippen LogP contribution is 2.26. The number of amides is 2. The highest BCUT2D eigenvalue weighted by atomic mass is 16.2. The van der Waals surface area contributed by atoms with E-state index in [1.165, 1.54) is 16.0 Å². The Labute approximate surface area is 159 Å². The number of rotatable bonds is 5. The van der Waals surface area contributed by atoms with E-state index < -0.39 is 0 Å². The summed E-state index contributed by atoms with van der Waals surface area (Å²) >= 11 is 0. The zero-order valence-corrected chi connectivity index (χ0v) is 15.3. The van der Waals surface area contributed by atoms with Crippen molar-refractivity contribution in [2.45, 2.75) is 26.3 Å². The normalized spacial score (nSPS) is 13.1. The van der Waals surface area contributed by atoms with Crippen molar-refractivity contribution in [3.05, 3.63) is 95.1 Å². The second kappa shape index (κ2) is 7.20. The number of aryl methyl sites for hydroxylation is 1. The first-order valence-corrected chi connectivity index (χ1v) is 9.31. The van der Waals surface area contributed by atoms with E-state index >= 15 is 0 Å². The molecule has 0 spiro atoms. The molecule has 0 fully saturated rings. The molecule has 3 aromatic carbocycles. The zero-order chi connectivity index (χ0) is 18.8. The number of benzene rings is 3. The van der Waals surface area contributed by atoms with Gasteiger partial charge in [-0.3, -0.25) is 14.5 Å². The SMILES string of the molecule is CCCc1ccc(-c2ccc(CN3C(=O)c4ccccc4C3=O)cc2)cc1. The van der Waals surface area contributed by atoms with E-state index in [1.807, 2.05) is 24.3 Å². The van der Waals surface area contributed by atoms with Gasteiger partial charge in [-0.2, -0.15) is 0 Å². The lowest BCUT2D eigenvalue weighted by Gasteiger charge is -2.14. The van der Waals surface area contributed by atoms with Crippen LogP contribution in [0.4, 0.5) is 0 Å². The largest absolute Gasteiger partial charge is 0.270 e. The summed E-state index contributed by atoms with van der Waals surface area (Å²) < 4.78 is 0. The fraction of sp³-hybridized carbons (Fsp3) is 0.167. The van der Waals surface area contributed by atoms with E-state index in [0.29, 0.717) is 17.7 Å². The van der Waals surface area contributed by atoms with E-state index in [4.69, 9.17) is 0 Å². The average Bonchev–Trinajstić information content (AvgIpc) is 2.95.